The maximum absolute atomic E-state index is 10.8. The topological polar surface area (TPSA) is 43.1 Å². The van der Waals surface area contributed by atoms with Crippen LogP contribution in [-0.2, 0) is 6.42 Å². The van der Waals surface area contributed by atoms with E-state index in [0.29, 0.717) is 0 Å². The second-order valence-electron chi connectivity index (χ2n) is 4.25. The van der Waals surface area contributed by atoms with Crippen LogP contribution in [0.25, 0.3) is 0 Å². The summed E-state index contributed by atoms with van der Waals surface area (Å²) >= 11 is 0. The van der Waals surface area contributed by atoms with E-state index in [1.807, 2.05) is 13.8 Å². The molecule has 0 unspecified atom stereocenters. The third kappa shape index (κ3) is 3.33. The molecule has 87 valence electrons. The molecule has 3 nitrogen and oxygen atoms in total. The number of nitro groups is 1. The summed E-state index contributed by atoms with van der Waals surface area (Å²) in [6.45, 7) is 6.07. The summed E-state index contributed by atoms with van der Waals surface area (Å²) in [6.07, 6.45) is 3.09. The van der Waals surface area contributed by atoms with E-state index in [1.54, 1.807) is 12.1 Å². The largest absolute Gasteiger partial charge is 0.269 e. The van der Waals surface area contributed by atoms with Crippen molar-refractivity contribution in [2.24, 2.45) is 0 Å². The number of nitrogens with zero attached hydrogens (tertiary/aromatic N) is 1. The molecular formula is C13H18NO2. The predicted octanol–water partition coefficient (Wildman–Crippen LogP) is 3.90. The second kappa shape index (κ2) is 5.64. The lowest BCUT2D eigenvalue weighted by atomic mass is 9.98. The third-order valence-corrected chi connectivity index (χ3v) is 2.58. The molecule has 0 fully saturated rings. The highest BCUT2D eigenvalue weighted by molar-refractivity contribution is 5.44. The van der Waals surface area contributed by atoms with E-state index in [0.717, 1.165) is 36.3 Å². The van der Waals surface area contributed by atoms with Gasteiger partial charge in [0, 0.05) is 12.1 Å². The van der Waals surface area contributed by atoms with Crippen LogP contribution in [0.3, 0.4) is 0 Å². The van der Waals surface area contributed by atoms with Crippen LogP contribution in [0.4, 0.5) is 5.69 Å². The van der Waals surface area contributed by atoms with E-state index in [2.05, 4.69) is 13.0 Å². The first-order valence-corrected chi connectivity index (χ1v) is 5.63. The van der Waals surface area contributed by atoms with Crippen molar-refractivity contribution in [1.82, 2.24) is 0 Å². The number of non-ortho nitro benzene ring substituents is 1. The monoisotopic (exact) mass is 220 g/mol. The first kappa shape index (κ1) is 12.7. The van der Waals surface area contributed by atoms with Gasteiger partial charge in [-0.3, -0.25) is 10.1 Å². The molecule has 16 heavy (non-hydrogen) atoms. The quantitative estimate of drug-likeness (QED) is 0.558. The van der Waals surface area contributed by atoms with E-state index in [-0.39, 0.29) is 10.6 Å². The van der Waals surface area contributed by atoms with Gasteiger partial charge < -0.3 is 0 Å². The molecule has 0 spiro atoms. The van der Waals surface area contributed by atoms with Gasteiger partial charge in [0.25, 0.3) is 5.69 Å². The molecule has 0 aromatic heterocycles. The lowest BCUT2D eigenvalue weighted by Gasteiger charge is -2.07. The van der Waals surface area contributed by atoms with Crippen molar-refractivity contribution in [2.45, 2.75) is 40.0 Å². The minimum atomic E-state index is -0.318. The summed E-state index contributed by atoms with van der Waals surface area (Å²) in [7, 11) is 0. The molecule has 1 aromatic rings. The highest BCUT2D eigenvalue weighted by Gasteiger charge is 2.11. The van der Waals surface area contributed by atoms with Crippen molar-refractivity contribution >= 4 is 5.69 Å². The zero-order valence-corrected chi connectivity index (χ0v) is 10.1. The van der Waals surface area contributed by atoms with Crippen LogP contribution >= 0.6 is 0 Å². The lowest BCUT2D eigenvalue weighted by Crippen LogP contribution is -1.96. The van der Waals surface area contributed by atoms with E-state index < -0.39 is 0 Å². The first-order valence-electron chi connectivity index (χ1n) is 5.63. The number of hydrogen-bond acceptors (Lipinski definition) is 2. The van der Waals surface area contributed by atoms with Crippen LogP contribution in [0, 0.1) is 16.0 Å². The number of hydrogen-bond donors (Lipinski definition) is 0. The van der Waals surface area contributed by atoms with Crippen LogP contribution in [0.2, 0.25) is 0 Å². The number of aryl methyl sites for hydroxylation is 1. The van der Waals surface area contributed by atoms with Gasteiger partial charge in [-0.05, 0) is 29.9 Å². The third-order valence-electron chi connectivity index (χ3n) is 2.58. The molecule has 0 aliphatic rings. The fourth-order valence-corrected chi connectivity index (χ4v) is 1.59. The Morgan fingerprint density at radius 3 is 2.50 bits per heavy atom. The number of benzene rings is 1. The zero-order valence-electron chi connectivity index (χ0n) is 10.1. The molecule has 0 N–H and O–H groups in total. The summed E-state index contributed by atoms with van der Waals surface area (Å²) < 4.78 is 0. The van der Waals surface area contributed by atoms with E-state index in [1.165, 1.54) is 0 Å². The van der Waals surface area contributed by atoms with Crippen molar-refractivity contribution in [1.29, 1.82) is 0 Å². The standard InChI is InChI=1S/C13H18NO2/c1-4-5-6-11-7-12(10(2)3)9-13(8-11)14(15)16/h7-9H,4-6H2,1-3H3. The zero-order chi connectivity index (χ0) is 12.1. The maximum atomic E-state index is 10.8. The highest BCUT2D eigenvalue weighted by atomic mass is 16.6. The maximum Gasteiger partial charge on any atom is 0.269 e. The summed E-state index contributed by atoms with van der Waals surface area (Å²) in [5, 5.41) is 10.8. The number of unbranched alkanes of at least 4 members (excludes halogenated alkanes) is 1. The average Bonchev–Trinajstić information content (AvgIpc) is 2.25. The average molecular weight is 220 g/mol. The Hall–Kier alpha value is -1.38. The van der Waals surface area contributed by atoms with Crippen molar-refractivity contribution in [2.75, 3.05) is 0 Å². The minimum Gasteiger partial charge on any atom is -0.258 e. The van der Waals surface area contributed by atoms with Crippen LogP contribution in [-0.4, -0.2) is 4.92 Å². The Morgan fingerprint density at radius 1 is 1.31 bits per heavy atom. The predicted molar refractivity (Wildman–Crippen MR) is 65.4 cm³/mol. The van der Waals surface area contributed by atoms with Crippen molar-refractivity contribution in [3.8, 4) is 0 Å². The molecular weight excluding hydrogens is 202 g/mol. The van der Waals surface area contributed by atoms with Crippen molar-refractivity contribution < 1.29 is 4.92 Å². The molecule has 0 aliphatic carbocycles. The van der Waals surface area contributed by atoms with Crippen LogP contribution in [0.1, 0.15) is 44.7 Å². The summed E-state index contributed by atoms with van der Waals surface area (Å²) in [4.78, 5) is 10.5. The van der Waals surface area contributed by atoms with Gasteiger partial charge >= 0.3 is 0 Å². The van der Waals surface area contributed by atoms with Gasteiger partial charge in [-0.1, -0.05) is 33.3 Å². The molecule has 0 amide bonds. The van der Waals surface area contributed by atoms with Crippen LogP contribution < -0.4 is 0 Å². The second-order valence-corrected chi connectivity index (χ2v) is 4.25. The SMILES string of the molecule is CCCCc1cc([C](C)C)cc([N+](=O)[O-])c1. The summed E-state index contributed by atoms with van der Waals surface area (Å²) in [5.74, 6) is 1.11. The van der Waals surface area contributed by atoms with Crippen molar-refractivity contribution in [3.05, 3.63) is 45.4 Å². The number of rotatable bonds is 5. The normalized spacial score (nSPS) is 10.8. The molecule has 0 aliphatic heterocycles. The van der Waals surface area contributed by atoms with Gasteiger partial charge in [0.1, 0.15) is 0 Å². The Balaban J connectivity index is 3.03. The van der Waals surface area contributed by atoms with Crippen LogP contribution in [0.15, 0.2) is 18.2 Å². The summed E-state index contributed by atoms with van der Waals surface area (Å²) in [6, 6.07) is 5.38. The Bertz CT molecular complexity index is 372. The van der Waals surface area contributed by atoms with Gasteiger partial charge in [0.15, 0.2) is 0 Å². The van der Waals surface area contributed by atoms with Gasteiger partial charge in [-0.15, -0.1) is 0 Å². The van der Waals surface area contributed by atoms with Crippen molar-refractivity contribution in [3.63, 3.8) is 0 Å². The molecule has 0 saturated heterocycles. The van der Waals surface area contributed by atoms with Gasteiger partial charge in [0.2, 0.25) is 0 Å². The highest BCUT2D eigenvalue weighted by Crippen LogP contribution is 2.23. The fraction of sp³-hybridized carbons (Fsp3) is 0.462. The van der Waals surface area contributed by atoms with E-state index in [9.17, 15) is 10.1 Å². The molecule has 0 bridgehead atoms. The smallest absolute Gasteiger partial charge is 0.258 e. The molecule has 1 radical (unpaired) electrons. The fourth-order valence-electron chi connectivity index (χ4n) is 1.59. The molecule has 0 heterocycles. The summed E-state index contributed by atoms with van der Waals surface area (Å²) in [5.41, 5.74) is 2.23. The van der Waals surface area contributed by atoms with Crippen LogP contribution in [0.5, 0.6) is 0 Å². The van der Waals surface area contributed by atoms with Gasteiger partial charge in [-0.2, -0.15) is 0 Å². The Kier molecular flexibility index (Phi) is 4.47. The van der Waals surface area contributed by atoms with Gasteiger partial charge in [0.05, 0.1) is 4.92 Å². The first-order chi connectivity index (χ1) is 7.54. The van der Waals surface area contributed by atoms with Gasteiger partial charge in [-0.25, -0.2) is 0 Å². The molecule has 0 atom stereocenters. The van der Waals surface area contributed by atoms with E-state index in [4.69, 9.17) is 0 Å². The minimum absolute atomic E-state index is 0.199. The Labute approximate surface area is 96.6 Å². The molecule has 0 saturated carbocycles. The Morgan fingerprint density at radius 2 is 2.00 bits per heavy atom. The van der Waals surface area contributed by atoms with E-state index >= 15 is 0 Å². The molecule has 3 heteroatoms. The molecule has 1 rings (SSSR count). The lowest BCUT2D eigenvalue weighted by molar-refractivity contribution is -0.385. The number of nitro benzene ring substituents is 1. The molecule has 1 aromatic carbocycles.